The van der Waals surface area contributed by atoms with E-state index < -0.39 is 0 Å². The minimum absolute atomic E-state index is 0.0989. The van der Waals surface area contributed by atoms with Crippen molar-refractivity contribution >= 4 is 29.2 Å². The van der Waals surface area contributed by atoms with E-state index in [9.17, 15) is 9.59 Å². The third-order valence-corrected chi connectivity index (χ3v) is 6.44. The van der Waals surface area contributed by atoms with Gasteiger partial charge in [0.05, 0.1) is 17.3 Å². The molecule has 0 aliphatic carbocycles. The van der Waals surface area contributed by atoms with Gasteiger partial charge < -0.3 is 20.5 Å². The number of carbonyl (C=O) groups is 2. The molecule has 8 nitrogen and oxygen atoms in total. The van der Waals surface area contributed by atoms with Crippen molar-refractivity contribution in [1.82, 2.24) is 25.0 Å². The number of nitrogens with zero attached hydrogens (tertiary/aromatic N) is 3. The van der Waals surface area contributed by atoms with E-state index in [1.807, 2.05) is 51.4 Å². The van der Waals surface area contributed by atoms with E-state index in [2.05, 4.69) is 39.5 Å². The fraction of sp³-hybridized carbons (Fsp3) is 0.346. The number of aromatic nitrogens is 3. The number of benzene rings is 1. The van der Waals surface area contributed by atoms with Crippen LogP contribution in [-0.2, 0) is 11.8 Å². The van der Waals surface area contributed by atoms with Crippen LogP contribution in [0, 0.1) is 13.8 Å². The van der Waals surface area contributed by atoms with Gasteiger partial charge in [0.1, 0.15) is 0 Å². The van der Waals surface area contributed by atoms with Gasteiger partial charge in [-0.2, -0.15) is 5.10 Å². The number of fused-ring (bicyclic) bond motifs is 1. The summed E-state index contributed by atoms with van der Waals surface area (Å²) in [6.45, 7) is 11.3. The highest BCUT2D eigenvalue weighted by Crippen LogP contribution is 2.36. The van der Waals surface area contributed by atoms with E-state index in [0.29, 0.717) is 17.7 Å². The first-order valence-corrected chi connectivity index (χ1v) is 11.7. The molecule has 178 valence electrons. The lowest BCUT2D eigenvalue weighted by atomic mass is 10.00. The summed E-state index contributed by atoms with van der Waals surface area (Å²) in [6.07, 6.45) is 5.58. The maximum atomic E-state index is 12.9. The third kappa shape index (κ3) is 4.54. The molecule has 2 amide bonds. The molecule has 4 rings (SSSR count). The van der Waals surface area contributed by atoms with Crippen molar-refractivity contribution in [1.29, 1.82) is 0 Å². The Hall–Kier alpha value is -3.65. The predicted octanol–water partition coefficient (Wildman–Crippen LogP) is 3.60. The molecule has 3 heterocycles. The molecular weight excluding hydrogens is 428 g/mol. The lowest BCUT2D eigenvalue weighted by Gasteiger charge is -2.18. The fourth-order valence-corrected chi connectivity index (χ4v) is 4.44. The number of rotatable bonds is 8. The van der Waals surface area contributed by atoms with Gasteiger partial charge in [-0.15, -0.1) is 0 Å². The normalized spacial score (nSPS) is 14.1. The van der Waals surface area contributed by atoms with E-state index in [-0.39, 0.29) is 11.8 Å². The average molecular weight is 461 g/mol. The molecule has 0 saturated carbocycles. The molecule has 1 aliphatic heterocycles. The third-order valence-electron chi connectivity index (χ3n) is 6.44. The van der Waals surface area contributed by atoms with Crippen molar-refractivity contribution in [2.75, 3.05) is 31.5 Å². The van der Waals surface area contributed by atoms with Gasteiger partial charge in [0.25, 0.3) is 11.8 Å². The first kappa shape index (κ1) is 23.5. The molecule has 0 unspecified atom stereocenters. The zero-order valence-corrected chi connectivity index (χ0v) is 20.5. The number of hydrogen-bond acceptors (Lipinski definition) is 4. The molecule has 34 heavy (non-hydrogen) atoms. The summed E-state index contributed by atoms with van der Waals surface area (Å²) in [6, 6.07) is 5.89. The largest absolute Gasteiger partial charge is 0.358 e. The molecule has 0 saturated heterocycles. The van der Waals surface area contributed by atoms with E-state index in [1.165, 1.54) is 0 Å². The van der Waals surface area contributed by atoms with Crippen molar-refractivity contribution in [2.45, 2.75) is 27.7 Å². The summed E-state index contributed by atoms with van der Waals surface area (Å²) in [7, 11) is 1.88. The summed E-state index contributed by atoms with van der Waals surface area (Å²) in [5, 5.41) is 10.2. The van der Waals surface area contributed by atoms with Gasteiger partial charge in [-0.25, -0.2) is 0 Å². The Bertz CT molecular complexity index is 1260. The van der Waals surface area contributed by atoms with Crippen LogP contribution in [-0.4, -0.2) is 57.7 Å². The van der Waals surface area contributed by atoms with Crippen molar-refractivity contribution in [2.24, 2.45) is 7.05 Å². The smallest absolute Gasteiger partial charge is 0.256 e. The second-order valence-corrected chi connectivity index (χ2v) is 8.62. The number of aryl methyl sites for hydroxylation is 2. The van der Waals surface area contributed by atoms with E-state index in [0.717, 1.165) is 59.0 Å². The first-order chi connectivity index (χ1) is 16.3. The van der Waals surface area contributed by atoms with Gasteiger partial charge in [0.2, 0.25) is 0 Å². The van der Waals surface area contributed by atoms with Crippen LogP contribution in [0.2, 0.25) is 0 Å². The molecular formula is C26H32N6O2. The first-order valence-electron chi connectivity index (χ1n) is 11.7. The molecule has 1 aliphatic rings. The minimum Gasteiger partial charge on any atom is -0.358 e. The number of carbonyl (C=O) groups excluding carboxylic acids is 2. The van der Waals surface area contributed by atoms with Gasteiger partial charge in [0, 0.05) is 54.5 Å². The molecule has 8 heteroatoms. The quantitative estimate of drug-likeness (QED) is 0.448. The second-order valence-electron chi connectivity index (χ2n) is 8.62. The monoisotopic (exact) mass is 460 g/mol. The highest BCUT2D eigenvalue weighted by molar-refractivity contribution is 6.35. The van der Waals surface area contributed by atoms with Gasteiger partial charge in [-0.1, -0.05) is 19.9 Å². The van der Waals surface area contributed by atoms with E-state index in [4.69, 9.17) is 0 Å². The molecule has 0 spiro atoms. The fourth-order valence-electron chi connectivity index (χ4n) is 4.44. The van der Waals surface area contributed by atoms with E-state index >= 15 is 0 Å². The Morgan fingerprint density at radius 3 is 2.65 bits per heavy atom. The van der Waals surface area contributed by atoms with Crippen molar-refractivity contribution in [3.63, 3.8) is 0 Å². The number of likely N-dealkylation sites (N-methyl/N-ethyl adjacent to an activating group) is 1. The SMILES string of the molecule is CCN(CC)CCNC(=O)c1c(C)[nH]c(/C=C2\C(=O)Nc3ccc(-c4cnn(C)c4)cc32)c1C. The van der Waals surface area contributed by atoms with Gasteiger partial charge >= 0.3 is 0 Å². The summed E-state index contributed by atoms with van der Waals surface area (Å²) >= 11 is 0. The Morgan fingerprint density at radius 1 is 1.21 bits per heavy atom. The second kappa shape index (κ2) is 9.69. The number of hydrogen-bond donors (Lipinski definition) is 3. The van der Waals surface area contributed by atoms with Crippen LogP contribution in [0.1, 0.15) is 46.7 Å². The summed E-state index contributed by atoms with van der Waals surface area (Å²) in [4.78, 5) is 31.3. The highest BCUT2D eigenvalue weighted by atomic mass is 16.2. The number of amides is 2. The van der Waals surface area contributed by atoms with Crippen molar-refractivity contribution < 1.29 is 9.59 Å². The van der Waals surface area contributed by atoms with E-state index in [1.54, 1.807) is 10.9 Å². The molecule has 0 radical (unpaired) electrons. The van der Waals surface area contributed by atoms with Crippen LogP contribution in [0.15, 0.2) is 30.6 Å². The van der Waals surface area contributed by atoms with Crippen LogP contribution in [0.4, 0.5) is 5.69 Å². The summed E-state index contributed by atoms with van der Waals surface area (Å²) in [5.41, 5.74) is 7.16. The molecule has 0 fully saturated rings. The average Bonchev–Trinajstić information content (AvgIpc) is 3.46. The van der Waals surface area contributed by atoms with Crippen LogP contribution in [0.25, 0.3) is 22.8 Å². The number of aromatic amines is 1. The Balaban J connectivity index is 1.61. The van der Waals surface area contributed by atoms with Crippen molar-refractivity contribution in [3.8, 4) is 11.1 Å². The zero-order chi connectivity index (χ0) is 24.4. The van der Waals surface area contributed by atoms with Crippen LogP contribution >= 0.6 is 0 Å². The number of anilines is 1. The molecule has 0 atom stereocenters. The van der Waals surface area contributed by atoms with Crippen LogP contribution in [0.3, 0.4) is 0 Å². The van der Waals surface area contributed by atoms with Crippen LogP contribution in [0.5, 0.6) is 0 Å². The molecule has 0 bridgehead atoms. The highest BCUT2D eigenvalue weighted by Gasteiger charge is 2.26. The zero-order valence-electron chi connectivity index (χ0n) is 20.5. The lowest BCUT2D eigenvalue weighted by Crippen LogP contribution is -2.35. The molecule has 3 N–H and O–H groups in total. The molecule has 2 aromatic heterocycles. The maximum absolute atomic E-state index is 12.9. The Morgan fingerprint density at radius 2 is 1.97 bits per heavy atom. The molecule has 1 aromatic carbocycles. The standard InChI is InChI=1S/C26H32N6O2/c1-6-32(7-2)11-10-27-26(34)24-16(3)23(29-17(24)4)13-21-20-12-18(19-14-28-31(5)15-19)8-9-22(20)30-25(21)33/h8-9,12-15,29H,6-7,10-11H2,1-5H3,(H,27,34)(H,30,33)/b21-13-. The van der Waals surface area contributed by atoms with Gasteiger partial charge in [-0.3, -0.25) is 14.3 Å². The van der Waals surface area contributed by atoms with Crippen molar-refractivity contribution in [3.05, 3.63) is 58.7 Å². The van der Waals surface area contributed by atoms with Gasteiger partial charge in [0.15, 0.2) is 0 Å². The number of H-pyrrole nitrogens is 1. The molecule has 3 aromatic rings. The van der Waals surface area contributed by atoms with Gasteiger partial charge in [-0.05, 0) is 56.3 Å². The summed E-state index contributed by atoms with van der Waals surface area (Å²) in [5.74, 6) is -0.256. The minimum atomic E-state index is -0.157. The predicted molar refractivity (Wildman–Crippen MR) is 136 cm³/mol. The van der Waals surface area contributed by atoms with Crippen LogP contribution < -0.4 is 10.6 Å². The summed E-state index contributed by atoms with van der Waals surface area (Å²) < 4.78 is 1.75. The Kier molecular flexibility index (Phi) is 6.70. The Labute approximate surface area is 200 Å². The lowest BCUT2D eigenvalue weighted by molar-refractivity contribution is -0.110. The number of nitrogens with one attached hydrogen (secondary N) is 3. The maximum Gasteiger partial charge on any atom is 0.256 e. The topological polar surface area (TPSA) is 95.1 Å².